The van der Waals surface area contributed by atoms with Gasteiger partial charge in [0.05, 0.1) is 10.9 Å². The molecule has 0 aliphatic heterocycles. The van der Waals surface area contributed by atoms with Crippen LogP contribution in [0.15, 0.2) is 64.2 Å². The van der Waals surface area contributed by atoms with E-state index in [1.54, 1.807) is 68.4 Å². The number of para-hydroxylation sites is 1. The van der Waals surface area contributed by atoms with E-state index in [1.807, 2.05) is 0 Å². The van der Waals surface area contributed by atoms with E-state index in [0.29, 0.717) is 11.1 Å². The standard InChI is InChI=1S/C21H21N3O5/c1-12(2)17(18(25)23-16(20(27)28)13-8-4-3-5-9-13)24-19(26)14-10-6-7-11-15(14)22-21(24)29/h3-12,16-17H,1-2H3,(H,22,29)(H,23,25)(H,27,28). The lowest BCUT2D eigenvalue weighted by atomic mass is 10.0. The minimum Gasteiger partial charge on any atom is -0.479 e. The lowest BCUT2D eigenvalue weighted by Gasteiger charge is -2.24. The zero-order chi connectivity index (χ0) is 21.1. The van der Waals surface area contributed by atoms with Crippen molar-refractivity contribution in [1.82, 2.24) is 14.9 Å². The fourth-order valence-electron chi connectivity index (χ4n) is 3.31. The van der Waals surface area contributed by atoms with Crippen molar-refractivity contribution in [2.24, 2.45) is 5.92 Å². The van der Waals surface area contributed by atoms with E-state index >= 15 is 0 Å². The van der Waals surface area contributed by atoms with Gasteiger partial charge < -0.3 is 15.4 Å². The Labute approximate surface area is 165 Å². The Morgan fingerprint density at radius 1 is 1.00 bits per heavy atom. The number of carboxylic acid groups (broad SMARTS) is 1. The molecule has 3 rings (SSSR count). The molecule has 8 heteroatoms. The topological polar surface area (TPSA) is 121 Å². The Balaban J connectivity index is 2.06. The van der Waals surface area contributed by atoms with Crippen LogP contribution in [0.5, 0.6) is 0 Å². The van der Waals surface area contributed by atoms with Crippen LogP contribution >= 0.6 is 0 Å². The van der Waals surface area contributed by atoms with Gasteiger partial charge in [0, 0.05) is 0 Å². The van der Waals surface area contributed by atoms with E-state index in [4.69, 9.17) is 0 Å². The largest absolute Gasteiger partial charge is 0.479 e. The number of amides is 1. The van der Waals surface area contributed by atoms with Gasteiger partial charge in [-0.25, -0.2) is 14.2 Å². The molecule has 2 aromatic carbocycles. The molecule has 8 nitrogen and oxygen atoms in total. The van der Waals surface area contributed by atoms with Crippen molar-refractivity contribution >= 4 is 22.8 Å². The first-order chi connectivity index (χ1) is 13.8. The van der Waals surface area contributed by atoms with Crippen LogP contribution in [0.4, 0.5) is 0 Å². The molecule has 1 heterocycles. The minimum atomic E-state index is -1.31. The van der Waals surface area contributed by atoms with Crippen LogP contribution in [-0.2, 0) is 9.59 Å². The molecule has 0 saturated heterocycles. The molecular weight excluding hydrogens is 374 g/mol. The number of aromatic nitrogens is 2. The van der Waals surface area contributed by atoms with Gasteiger partial charge >= 0.3 is 11.7 Å². The zero-order valence-electron chi connectivity index (χ0n) is 16.0. The smallest absolute Gasteiger partial charge is 0.330 e. The van der Waals surface area contributed by atoms with Gasteiger partial charge in [-0.1, -0.05) is 56.3 Å². The molecular formula is C21H21N3O5. The number of aromatic amines is 1. The van der Waals surface area contributed by atoms with Crippen LogP contribution in [0.25, 0.3) is 10.9 Å². The van der Waals surface area contributed by atoms with Crippen molar-refractivity contribution in [3.63, 3.8) is 0 Å². The maximum atomic E-state index is 13.0. The molecule has 2 atom stereocenters. The monoisotopic (exact) mass is 395 g/mol. The Morgan fingerprint density at radius 2 is 1.62 bits per heavy atom. The molecule has 0 aliphatic rings. The Kier molecular flexibility index (Phi) is 5.63. The first-order valence-corrected chi connectivity index (χ1v) is 9.13. The van der Waals surface area contributed by atoms with E-state index < -0.39 is 41.1 Å². The second kappa shape index (κ2) is 8.14. The Hall–Kier alpha value is -3.68. The number of hydrogen-bond acceptors (Lipinski definition) is 4. The molecule has 3 N–H and O–H groups in total. The number of carbonyl (C=O) groups is 2. The van der Waals surface area contributed by atoms with Crippen LogP contribution in [0.2, 0.25) is 0 Å². The van der Waals surface area contributed by atoms with Crippen LogP contribution < -0.4 is 16.6 Å². The number of aliphatic carboxylic acids is 1. The van der Waals surface area contributed by atoms with E-state index in [1.165, 1.54) is 0 Å². The molecule has 0 bridgehead atoms. The second-order valence-corrected chi connectivity index (χ2v) is 7.03. The lowest BCUT2D eigenvalue weighted by Crippen LogP contribution is -2.48. The first kappa shape index (κ1) is 20.1. The quantitative estimate of drug-likeness (QED) is 0.588. The molecule has 0 aliphatic carbocycles. The highest BCUT2D eigenvalue weighted by Crippen LogP contribution is 2.19. The molecule has 0 fully saturated rings. The van der Waals surface area contributed by atoms with Crippen LogP contribution in [0.3, 0.4) is 0 Å². The van der Waals surface area contributed by atoms with Crippen LogP contribution in [0.1, 0.15) is 31.5 Å². The number of carboxylic acids is 1. The minimum absolute atomic E-state index is 0.267. The summed E-state index contributed by atoms with van der Waals surface area (Å²) in [4.78, 5) is 52.9. The van der Waals surface area contributed by atoms with E-state index in [9.17, 15) is 24.3 Å². The van der Waals surface area contributed by atoms with Gasteiger partial charge in [0.15, 0.2) is 6.04 Å². The van der Waals surface area contributed by atoms with Crippen molar-refractivity contribution in [3.05, 3.63) is 81.0 Å². The van der Waals surface area contributed by atoms with E-state index in [0.717, 1.165) is 4.57 Å². The number of nitrogens with one attached hydrogen (secondary N) is 2. The molecule has 0 radical (unpaired) electrons. The summed E-state index contributed by atoms with van der Waals surface area (Å²) in [5.74, 6) is -2.41. The average molecular weight is 395 g/mol. The normalized spacial score (nSPS) is 13.2. The number of fused-ring (bicyclic) bond motifs is 1. The molecule has 3 aromatic rings. The zero-order valence-corrected chi connectivity index (χ0v) is 16.0. The van der Waals surface area contributed by atoms with Gasteiger partial charge in [-0.15, -0.1) is 0 Å². The summed E-state index contributed by atoms with van der Waals surface area (Å²) in [6.07, 6.45) is 0. The van der Waals surface area contributed by atoms with Crippen LogP contribution in [0, 0.1) is 5.92 Å². The molecule has 1 aromatic heterocycles. The van der Waals surface area contributed by atoms with Crippen molar-refractivity contribution in [2.75, 3.05) is 0 Å². The van der Waals surface area contributed by atoms with E-state index in [2.05, 4.69) is 10.3 Å². The van der Waals surface area contributed by atoms with Crippen molar-refractivity contribution in [1.29, 1.82) is 0 Å². The molecule has 29 heavy (non-hydrogen) atoms. The second-order valence-electron chi connectivity index (χ2n) is 7.03. The third-order valence-electron chi connectivity index (χ3n) is 4.68. The van der Waals surface area contributed by atoms with Crippen molar-refractivity contribution in [3.8, 4) is 0 Å². The van der Waals surface area contributed by atoms with Gasteiger partial charge in [-0.3, -0.25) is 9.59 Å². The Bertz CT molecular complexity index is 1160. The number of H-pyrrole nitrogens is 1. The summed E-state index contributed by atoms with van der Waals surface area (Å²) >= 11 is 0. The number of hydrogen-bond donors (Lipinski definition) is 3. The number of carbonyl (C=O) groups excluding carboxylic acids is 1. The fraction of sp³-hybridized carbons (Fsp3) is 0.238. The van der Waals surface area contributed by atoms with Gasteiger partial charge in [0.1, 0.15) is 6.04 Å². The third kappa shape index (κ3) is 3.96. The molecule has 150 valence electrons. The molecule has 1 amide bonds. The molecule has 0 spiro atoms. The summed E-state index contributed by atoms with van der Waals surface area (Å²) in [6, 6.07) is 12.2. The summed E-state index contributed by atoms with van der Waals surface area (Å²) in [5.41, 5.74) is -0.580. The Morgan fingerprint density at radius 3 is 2.24 bits per heavy atom. The van der Waals surface area contributed by atoms with E-state index in [-0.39, 0.29) is 5.39 Å². The average Bonchev–Trinajstić information content (AvgIpc) is 2.69. The predicted molar refractivity (Wildman–Crippen MR) is 108 cm³/mol. The van der Waals surface area contributed by atoms with Gasteiger partial charge in [0.25, 0.3) is 5.56 Å². The van der Waals surface area contributed by atoms with Gasteiger partial charge in [0.2, 0.25) is 5.91 Å². The maximum Gasteiger partial charge on any atom is 0.330 e. The highest BCUT2D eigenvalue weighted by Gasteiger charge is 2.31. The third-order valence-corrected chi connectivity index (χ3v) is 4.68. The van der Waals surface area contributed by atoms with Crippen molar-refractivity contribution in [2.45, 2.75) is 25.9 Å². The molecule has 0 saturated carbocycles. The predicted octanol–water partition coefficient (Wildman–Crippen LogP) is 1.83. The SMILES string of the molecule is CC(C)C(C(=O)NC(C(=O)O)c1ccccc1)n1c(=O)[nH]c2ccccc2c1=O. The highest BCUT2D eigenvalue weighted by molar-refractivity contribution is 5.87. The van der Waals surface area contributed by atoms with Gasteiger partial charge in [-0.2, -0.15) is 0 Å². The summed E-state index contributed by atoms with van der Waals surface area (Å²) < 4.78 is 0.853. The highest BCUT2D eigenvalue weighted by atomic mass is 16.4. The summed E-state index contributed by atoms with van der Waals surface area (Å²) in [7, 11) is 0. The summed E-state index contributed by atoms with van der Waals surface area (Å²) in [6.45, 7) is 3.37. The molecule has 2 unspecified atom stereocenters. The number of nitrogens with zero attached hydrogens (tertiary/aromatic N) is 1. The van der Waals surface area contributed by atoms with Gasteiger partial charge in [-0.05, 0) is 23.6 Å². The van der Waals surface area contributed by atoms with Crippen LogP contribution in [-0.4, -0.2) is 26.5 Å². The van der Waals surface area contributed by atoms with Crippen molar-refractivity contribution < 1.29 is 14.7 Å². The maximum absolute atomic E-state index is 13.0. The number of benzene rings is 2. The summed E-state index contributed by atoms with van der Waals surface area (Å²) in [5, 5.41) is 12.3. The first-order valence-electron chi connectivity index (χ1n) is 9.13. The fourth-order valence-corrected chi connectivity index (χ4v) is 3.31. The lowest BCUT2D eigenvalue weighted by molar-refractivity contribution is -0.142. The number of rotatable bonds is 6.